The summed E-state index contributed by atoms with van der Waals surface area (Å²) < 4.78 is 16.8. The van der Waals surface area contributed by atoms with Gasteiger partial charge in [0.15, 0.2) is 17.5 Å². The minimum atomic E-state index is 0. The summed E-state index contributed by atoms with van der Waals surface area (Å²) in [6, 6.07) is 9.73. The molecule has 1 aliphatic rings. The van der Waals surface area contributed by atoms with Crippen LogP contribution in [-0.4, -0.2) is 26.2 Å². The van der Waals surface area contributed by atoms with E-state index in [4.69, 9.17) is 13.9 Å². The van der Waals surface area contributed by atoms with Crippen molar-refractivity contribution in [2.45, 2.75) is 19.5 Å². The van der Waals surface area contributed by atoms with E-state index in [1.165, 1.54) is 0 Å². The van der Waals surface area contributed by atoms with Gasteiger partial charge in [-0.1, -0.05) is 12.1 Å². The highest BCUT2D eigenvalue weighted by atomic mass is 127. The van der Waals surface area contributed by atoms with Crippen LogP contribution in [0.15, 0.2) is 46.0 Å². The van der Waals surface area contributed by atoms with Crippen LogP contribution in [-0.2, 0) is 13.1 Å². The second-order valence-electron chi connectivity index (χ2n) is 5.15. The topological polar surface area (TPSA) is 68.0 Å². The van der Waals surface area contributed by atoms with Gasteiger partial charge in [-0.2, -0.15) is 0 Å². The molecule has 2 heterocycles. The first-order chi connectivity index (χ1) is 11.4. The molecule has 7 heteroatoms. The quantitative estimate of drug-likeness (QED) is 0.432. The van der Waals surface area contributed by atoms with Gasteiger partial charge in [-0.3, -0.25) is 4.99 Å². The Morgan fingerprint density at radius 3 is 2.71 bits per heavy atom. The second-order valence-corrected chi connectivity index (χ2v) is 5.15. The molecule has 0 saturated heterocycles. The van der Waals surface area contributed by atoms with Crippen LogP contribution in [0.4, 0.5) is 0 Å². The number of rotatable bonds is 4. The largest absolute Gasteiger partial charge is 0.490 e. The smallest absolute Gasteiger partial charge is 0.191 e. The van der Waals surface area contributed by atoms with Gasteiger partial charge in [-0.05, 0) is 18.2 Å². The normalized spacial score (nSPS) is 13.6. The lowest BCUT2D eigenvalue weighted by atomic mass is 10.2. The molecule has 2 N–H and O–H groups in total. The molecule has 0 spiro atoms. The van der Waals surface area contributed by atoms with E-state index in [1.807, 2.05) is 30.3 Å². The fourth-order valence-electron chi connectivity index (χ4n) is 2.38. The Balaban J connectivity index is 0.00000208. The monoisotopic (exact) mass is 443 g/mol. The van der Waals surface area contributed by atoms with Crippen molar-refractivity contribution in [1.82, 2.24) is 10.6 Å². The summed E-state index contributed by atoms with van der Waals surface area (Å²) in [5.74, 6) is 3.19. The van der Waals surface area contributed by atoms with Gasteiger partial charge in [0, 0.05) is 25.6 Å². The molecule has 3 rings (SSSR count). The summed E-state index contributed by atoms with van der Waals surface area (Å²) in [6.45, 7) is 2.55. The SMILES string of the molecule is CN=C(NCc1ccco1)NCc1cccc2c1OCCCO2.I. The van der Waals surface area contributed by atoms with E-state index in [-0.39, 0.29) is 24.0 Å². The number of halogens is 1. The fourth-order valence-corrected chi connectivity index (χ4v) is 2.38. The molecule has 1 aliphatic heterocycles. The van der Waals surface area contributed by atoms with E-state index in [0.29, 0.717) is 32.3 Å². The number of ether oxygens (including phenoxy) is 2. The summed E-state index contributed by atoms with van der Waals surface area (Å²) in [6.07, 6.45) is 2.55. The lowest BCUT2D eigenvalue weighted by molar-refractivity contribution is 0.296. The Hall–Kier alpha value is -1.90. The number of nitrogens with zero attached hydrogens (tertiary/aromatic N) is 1. The average molecular weight is 443 g/mol. The van der Waals surface area contributed by atoms with Gasteiger partial charge in [-0.25, -0.2) is 0 Å². The highest BCUT2D eigenvalue weighted by Crippen LogP contribution is 2.33. The number of guanidine groups is 1. The van der Waals surface area contributed by atoms with Gasteiger partial charge in [0.25, 0.3) is 0 Å². The van der Waals surface area contributed by atoms with Gasteiger partial charge in [0.05, 0.1) is 26.0 Å². The standard InChI is InChI=1S/C17H21N3O3.HI/c1-18-17(20-12-14-6-3-8-21-14)19-11-13-5-2-7-15-16(13)23-10-4-9-22-15;/h2-3,5-8H,4,9-12H2,1H3,(H2,18,19,20);1H. The van der Waals surface area contributed by atoms with E-state index in [9.17, 15) is 0 Å². The zero-order chi connectivity index (χ0) is 15.9. The molecule has 130 valence electrons. The summed E-state index contributed by atoms with van der Waals surface area (Å²) in [4.78, 5) is 4.21. The number of aliphatic imine (C=N–C) groups is 1. The van der Waals surface area contributed by atoms with Gasteiger partial charge in [-0.15, -0.1) is 24.0 Å². The molecule has 0 bridgehead atoms. The highest BCUT2D eigenvalue weighted by Gasteiger charge is 2.14. The molecule has 0 amide bonds. The van der Waals surface area contributed by atoms with Gasteiger partial charge in [0.2, 0.25) is 0 Å². The maximum Gasteiger partial charge on any atom is 0.191 e. The third kappa shape index (κ3) is 4.80. The van der Waals surface area contributed by atoms with Gasteiger partial charge >= 0.3 is 0 Å². The van der Waals surface area contributed by atoms with E-state index < -0.39 is 0 Å². The molecule has 0 atom stereocenters. The lowest BCUT2D eigenvalue weighted by Crippen LogP contribution is -2.36. The van der Waals surface area contributed by atoms with E-state index >= 15 is 0 Å². The first-order valence-corrected chi connectivity index (χ1v) is 7.71. The molecule has 1 aromatic heterocycles. The van der Waals surface area contributed by atoms with Crippen LogP contribution in [0.2, 0.25) is 0 Å². The van der Waals surface area contributed by atoms with E-state index in [1.54, 1.807) is 13.3 Å². The van der Waals surface area contributed by atoms with Crippen molar-refractivity contribution in [3.8, 4) is 11.5 Å². The molecule has 6 nitrogen and oxygen atoms in total. The van der Waals surface area contributed by atoms with Crippen molar-refractivity contribution in [3.63, 3.8) is 0 Å². The highest BCUT2D eigenvalue weighted by molar-refractivity contribution is 14.0. The van der Waals surface area contributed by atoms with Crippen molar-refractivity contribution in [3.05, 3.63) is 47.9 Å². The average Bonchev–Trinajstić information content (AvgIpc) is 2.98. The number of fused-ring (bicyclic) bond motifs is 1. The van der Waals surface area contributed by atoms with E-state index in [0.717, 1.165) is 29.2 Å². The van der Waals surface area contributed by atoms with Crippen LogP contribution in [0, 0.1) is 0 Å². The predicted octanol–water partition coefficient (Wildman–Crippen LogP) is 2.92. The zero-order valence-electron chi connectivity index (χ0n) is 13.6. The summed E-state index contributed by atoms with van der Waals surface area (Å²) in [5.41, 5.74) is 1.05. The number of para-hydroxylation sites is 1. The van der Waals surface area contributed by atoms with Crippen LogP contribution < -0.4 is 20.1 Å². The third-order valence-electron chi connectivity index (χ3n) is 3.53. The van der Waals surface area contributed by atoms with Crippen LogP contribution >= 0.6 is 24.0 Å². The van der Waals surface area contributed by atoms with Crippen molar-refractivity contribution in [2.24, 2.45) is 4.99 Å². The summed E-state index contributed by atoms with van der Waals surface area (Å²) >= 11 is 0. The Morgan fingerprint density at radius 2 is 1.92 bits per heavy atom. The minimum Gasteiger partial charge on any atom is -0.490 e. The molecule has 24 heavy (non-hydrogen) atoms. The molecule has 0 saturated carbocycles. The molecule has 0 radical (unpaired) electrons. The number of hydrogen-bond acceptors (Lipinski definition) is 4. The number of furan rings is 1. The van der Waals surface area contributed by atoms with Gasteiger partial charge in [0.1, 0.15) is 5.76 Å². The Morgan fingerprint density at radius 1 is 1.08 bits per heavy atom. The Kier molecular flexibility index (Phi) is 7.23. The van der Waals surface area contributed by atoms with Crippen LogP contribution in [0.25, 0.3) is 0 Å². The predicted molar refractivity (Wildman–Crippen MR) is 103 cm³/mol. The summed E-state index contributed by atoms with van der Waals surface area (Å²) in [5, 5.41) is 6.49. The maximum atomic E-state index is 5.82. The molecule has 0 fully saturated rings. The fraction of sp³-hybridized carbons (Fsp3) is 0.353. The lowest BCUT2D eigenvalue weighted by Gasteiger charge is -2.15. The van der Waals surface area contributed by atoms with Crippen LogP contribution in [0.5, 0.6) is 11.5 Å². The number of nitrogens with one attached hydrogen (secondary N) is 2. The maximum absolute atomic E-state index is 5.82. The molecule has 2 aromatic rings. The van der Waals surface area contributed by atoms with Crippen molar-refractivity contribution in [1.29, 1.82) is 0 Å². The number of hydrogen-bond donors (Lipinski definition) is 2. The molecule has 0 unspecified atom stereocenters. The van der Waals surface area contributed by atoms with Crippen LogP contribution in [0.3, 0.4) is 0 Å². The second kappa shape index (κ2) is 9.41. The molecular weight excluding hydrogens is 421 g/mol. The first-order valence-electron chi connectivity index (χ1n) is 7.71. The molecular formula is C17H22IN3O3. The molecule has 1 aromatic carbocycles. The minimum absolute atomic E-state index is 0. The van der Waals surface area contributed by atoms with Crippen molar-refractivity contribution in [2.75, 3.05) is 20.3 Å². The Bertz CT molecular complexity index is 659. The Labute approximate surface area is 158 Å². The van der Waals surface area contributed by atoms with Crippen LogP contribution in [0.1, 0.15) is 17.7 Å². The van der Waals surface area contributed by atoms with Crippen molar-refractivity contribution >= 4 is 29.9 Å². The number of benzene rings is 1. The van der Waals surface area contributed by atoms with Crippen molar-refractivity contribution < 1.29 is 13.9 Å². The molecule has 0 aliphatic carbocycles. The summed E-state index contributed by atoms with van der Waals surface area (Å²) in [7, 11) is 1.74. The third-order valence-corrected chi connectivity index (χ3v) is 3.53. The first kappa shape index (κ1) is 18.4. The zero-order valence-corrected chi connectivity index (χ0v) is 15.9. The van der Waals surface area contributed by atoms with E-state index in [2.05, 4.69) is 15.6 Å². The van der Waals surface area contributed by atoms with Gasteiger partial charge < -0.3 is 24.5 Å².